The highest BCUT2D eigenvalue weighted by molar-refractivity contribution is 14.0. The van der Waals surface area contributed by atoms with Gasteiger partial charge >= 0.3 is 0 Å². The summed E-state index contributed by atoms with van der Waals surface area (Å²) in [5.41, 5.74) is 1.89. The zero-order valence-electron chi connectivity index (χ0n) is 15.2. The van der Waals surface area contributed by atoms with Crippen LogP contribution in [-0.4, -0.2) is 39.1 Å². The molecule has 26 heavy (non-hydrogen) atoms. The number of ether oxygens (including phenoxy) is 1. The Labute approximate surface area is 175 Å². The predicted octanol–water partition coefficient (Wildman–Crippen LogP) is 2.78. The van der Waals surface area contributed by atoms with Gasteiger partial charge in [-0.2, -0.15) is 0 Å². The molecule has 1 aromatic heterocycles. The molecule has 0 atom stereocenters. The van der Waals surface area contributed by atoms with Crippen molar-refractivity contribution in [3.8, 4) is 5.75 Å². The van der Waals surface area contributed by atoms with E-state index < -0.39 is 0 Å². The van der Waals surface area contributed by atoms with Gasteiger partial charge in [-0.3, -0.25) is 9.79 Å². The molecule has 1 heterocycles. The average Bonchev–Trinajstić information content (AvgIpc) is 3.06. The van der Waals surface area contributed by atoms with Crippen molar-refractivity contribution in [2.75, 3.05) is 27.2 Å². The number of methoxy groups -OCH3 is 1. The van der Waals surface area contributed by atoms with Crippen LogP contribution >= 0.6 is 35.3 Å². The smallest absolute Gasteiger partial charge is 0.251 e. The Bertz CT molecular complexity index is 716. The van der Waals surface area contributed by atoms with E-state index in [0.29, 0.717) is 24.6 Å². The molecular weight excluding hydrogens is 463 g/mol. The number of aliphatic imine (C=N–C) groups is 1. The molecule has 0 aliphatic rings. The van der Waals surface area contributed by atoms with Crippen molar-refractivity contribution in [2.45, 2.75) is 13.5 Å². The van der Waals surface area contributed by atoms with E-state index in [9.17, 15) is 4.79 Å². The van der Waals surface area contributed by atoms with E-state index >= 15 is 0 Å². The highest BCUT2D eigenvalue weighted by atomic mass is 127. The van der Waals surface area contributed by atoms with E-state index in [2.05, 4.69) is 39.3 Å². The van der Waals surface area contributed by atoms with Gasteiger partial charge in [0.25, 0.3) is 5.91 Å². The van der Waals surface area contributed by atoms with Crippen molar-refractivity contribution in [3.63, 3.8) is 0 Å². The number of nitrogens with one attached hydrogen (secondary N) is 3. The minimum absolute atomic E-state index is 0. The van der Waals surface area contributed by atoms with Gasteiger partial charge in [0.2, 0.25) is 0 Å². The Hall–Kier alpha value is -1.81. The number of carbonyl (C=O) groups excluding carboxylic acids is 1. The molecule has 3 N–H and O–H groups in total. The number of amides is 1. The molecule has 0 spiro atoms. The molecule has 0 aliphatic carbocycles. The molecule has 1 amide bonds. The number of benzene rings is 1. The Morgan fingerprint density at radius 1 is 1.12 bits per heavy atom. The first-order valence-corrected chi connectivity index (χ1v) is 8.91. The molecule has 8 heteroatoms. The number of halogens is 1. The minimum Gasteiger partial charge on any atom is -0.497 e. The lowest BCUT2D eigenvalue weighted by molar-refractivity contribution is 0.0954. The van der Waals surface area contributed by atoms with Gasteiger partial charge in [-0.05, 0) is 48.2 Å². The number of hydrogen-bond acceptors (Lipinski definition) is 4. The number of guanidine groups is 1. The second-order valence-electron chi connectivity index (χ2n) is 5.36. The topological polar surface area (TPSA) is 74.8 Å². The Morgan fingerprint density at radius 3 is 2.38 bits per heavy atom. The molecular formula is C18H25IN4O2S. The minimum atomic E-state index is -0.110. The van der Waals surface area contributed by atoms with Crippen LogP contribution < -0.4 is 20.7 Å². The number of thiophene rings is 1. The van der Waals surface area contributed by atoms with E-state index in [-0.39, 0.29) is 29.9 Å². The number of hydrogen-bond donors (Lipinski definition) is 3. The summed E-state index contributed by atoms with van der Waals surface area (Å²) in [7, 11) is 3.33. The Morgan fingerprint density at radius 2 is 1.81 bits per heavy atom. The third-order valence-corrected chi connectivity index (χ3v) is 4.69. The maximum Gasteiger partial charge on any atom is 0.251 e. The summed E-state index contributed by atoms with van der Waals surface area (Å²) in [6.45, 7) is 3.92. The van der Waals surface area contributed by atoms with Gasteiger partial charge in [0, 0.05) is 30.6 Å². The van der Waals surface area contributed by atoms with Crippen LogP contribution in [0.4, 0.5) is 0 Å². The van der Waals surface area contributed by atoms with Crippen LogP contribution in [0.5, 0.6) is 5.75 Å². The second-order valence-corrected chi connectivity index (χ2v) is 6.36. The number of rotatable bonds is 7. The van der Waals surface area contributed by atoms with Crippen LogP contribution in [0, 0.1) is 6.92 Å². The average molecular weight is 488 g/mol. The van der Waals surface area contributed by atoms with Crippen LogP contribution in [0.2, 0.25) is 0 Å². The van der Waals surface area contributed by atoms with Gasteiger partial charge in [0.1, 0.15) is 5.75 Å². The SMILES string of the molecule is CN=C(NCCNC(=O)c1ccc(OC)cc1)NCc1sccc1C.I. The van der Waals surface area contributed by atoms with Crippen molar-refractivity contribution >= 4 is 47.2 Å². The van der Waals surface area contributed by atoms with Gasteiger partial charge in [-0.1, -0.05) is 0 Å². The summed E-state index contributed by atoms with van der Waals surface area (Å²) in [6.07, 6.45) is 0. The van der Waals surface area contributed by atoms with Crippen LogP contribution in [0.3, 0.4) is 0 Å². The predicted molar refractivity (Wildman–Crippen MR) is 118 cm³/mol. The van der Waals surface area contributed by atoms with Crippen LogP contribution in [0.1, 0.15) is 20.8 Å². The maximum absolute atomic E-state index is 12.1. The van der Waals surface area contributed by atoms with Gasteiger partial charge in [0.05, 0.1) is 13.7 Å². The van der Waals surface area contributed by atoms with Crippen molar-refractivity contribution in [1.82, 2.24) is 16.0 Å². The molecule has 0 fully saturated rings. The van der Waals surface area contributed by atoms with Gasteiger partial charge in [0.15, 0.2) is 5.96 Å². The van der Waals surface area contributed by atoms with E-state index in [1.165, 1.54) is 10.4 Å². The molecule has 142 valence electrons. The lowest BCUT2D eigenvalue weighted by Crippen LogP contribution is -2.41. The lowest BCUT2D eigenvalue weighted by atomic mass is 10.2. The molecule has 2 rings (SSSR count). The van der Waals surface area contributed by atoms with Gasteiger partial charge in [-0.25, -0.2) is 0 Å². The fraction of sp³-hybridized carbons (Fsp3) is 0.333. The van der Waals surface area contributed by atoms with Crippen LogP contribution in [0.15, 0.2) is 40.7 Å². The van der Waals surface area contributed by atoms with Crippen molar-refractivity contribution in [1.29, 1.82) is 0 Å². The van der Waals surface area contributed by atoms with Crippen LogP contribution in [0.25, 0.3) is 0 Å². The Kier molecular flexibility index (Phi) is 10.0. The van der Waals surface area contributed by atoms with Gasteiger partial charge < -0.3 is 20.7 Å². The molecule has 0 unspecified atom stereocenters. The fourth-order valence-corrected chi connectivity index (χ4v) is 3.02. The second kappa shape index (κ2) is 11.7. The molecule has 0 aliphatic heterocycles. The molecule has 0 saturated carbocycles. The molecule has 6 nitrogen and oxygen atoms in total. The highest BCUT2D eigenvalue weighted by Gasteiger charge is 2.05. The Balaban J connectivity index is 0.00000338. The third kappa shape index (κ3) is 6.83. The fourth-order valence-electron chi connectivity index (χ4n) is 2.17. The van der Waals surface area contributed by atoms with E-state index in [1.54, 1.807) is 49.8 Å². The number of nitrogens with zero attached hydrogens (tertiary/aromatic N) is 1. The molecule has 1 aromatic carbocycles. The quantitative estimate of drug-likeness (QED) is 0.243. The number of carbonyl (C=O) groups is 1. The van der Waals surface area contributed by atoms with Gasteiger partial charge in [-0.15, -0.1) is 35.3 Å². The molecule has 2 aromatic rings. The van der Waals surface area contributed by atoms with Crippen molar-refractivity contribution in [3.05, 3.63) is 51.7 Å². The summed E-state index contributed by atoms with van der Waals surface area (Å²) in [6, 6.07) is 9.13. The highest BCUT2D eigenvalue weighted by Crippen LogP contribution is 2.14. The zero-order valence-corrected chi connectivity index (χ0v) is 18.3. The number of aryl methyl sites for hydroxylation is 1. The molecule has 0 saturated heterocycles. The van der Waals surface area contributed by atoms with E-state index in [4.69, 9.17) is 4.74 Å². The first kappa shape index (κ1) is 22.2. The largest absolute Gasteiger partial charge is 0.497 e. The standard InChI is InChI=1S/C18H24N4O2S.HI/c1-13-8-11-25-16(13)12-22-18(19-2)21-10-9-20-17(23)14-4-6-15(24-3)7-5-14;/h4-8,11H,9-10,12H2,1-3H3,(H,20,23)(H2,19,21,22);1H. The molecule has 0 bridgehead atoms. The van der Waals surface area contributed by atoms with Crippen LogP contribution in [-0.2, 0) is 6.54 Å². The first-order valence-electron chi connectivity index (χ1n) is 8.03. The summed E-state index contributed by atoms with van der Waals surface area (Å²) in [5, 5.41) is 11.4. The summed E-state index contributed by atoms with van der Waals surface area (Å²) < 4.78 is 5.08. The summed E-state index contributed by atoms with van der Waals surface area (Å²) in [5.74, 6) is 1.34. The van der Waals surface area contributed by atoms with E-state index in [0.717, 1.165) is 12.3 Å². The van der Waals surface area contributed by atoms with Crippen molar-refractivity contribution in [2.24, 2.45) is 4.99 Å². The van der Waals surface area contributed by atoms with Crippen molar-refractivity contribution < 1.29 is 9.53 Å². The molecule has 0 radical (unpaired) electrons. The first-order chi connectivity index (χ1) is 12.1. The summed E-state index contributed by atoms with van der Waals surface area (Å²) in [4.78, 5) is 17.5. The maximum atomic E-state index is 12.1. The van der Waals surface area contributed by atoms with E-state index in [1.807, 2.05) is 0 Å². The normalized spacial score (nSPS) is 10.7. The third-order valence-electron chi connectivity index (χ3n) is 3.66. The zero-order chi connectivity index (χ0) is 18.1. The summed E-state index contributed by atoms with van der Waals surface area (Å²) >= 11 is 1.72. The lowest BCUT2D eigenvalue weighted by Gasteiger charge is -2.12. The monoisotopic (exact) mass is 488 g/mol.